The van der Waals surface area contributed by atoms with Gasteiger partial charge in [-0.2, -0.15) is 0 Å². The summed E-state index contributed by atoms with van der Waals surface area (Å²) in [4.78, 5) is 52.1. The largest absolute Gasteiger partial charge is 0.298 e. The van der Waals surface area contributed by atoms with Gasteiger partial charge in [-0.3, -0.25) is 24.1 Å². The Kier molecular flexibility index (Phi) is 7.54. The lowest BCUT2D eigenvalue weighted by Crippen LogP contribution is -2.64. The van der Waals surface area contributed by atoms with Crippen molar-refractivity contribution in [3.05, 3.63) is 35.4 Å². The number of aldehydes is 1. The zero-order chi connectivity index (χ0) is 22.5. The average molecular weight is 438 g/mol. The van der Waals surface area contributed by atoms with Crippen molar-refractivity contribution in [2.24, 2.45) is 17.8 Å². The number of carbonyl (C=O) groups excluding carboxylic acids is 4. The molecule has 1 aliphatic heterocycles. The molecule has 4 rings (SSSR count). The molecule has 0 aromatic heterocycles. The average Bonchev–Trinajstić information content (AvgIpc) is 2.77. The van der Waals surface area contributed by atoms with Gasteiger partial charge in [0.2, 0.25) is 11.8 Å². The van der Waals surface area contributed by atoms with Crippen molar-refractivity contribution < 1.29 is 19.2 Å². The van der Waals surface area contributed by atoms with Gasteiger partial charge in [0.25, 0.3) is 0 Å². The van der Waals surface area contributed by atoms with Crippen LogP contribution >= 0.6 is 0 Å². The Hall–Kier alpha value is -2.30. The maximum absolute atomic E-state index is 13.7. The number of carbonyl (C=O) groups is 4. The summed E-state index contributed by atoms with van der Waals surface area (Å²) < 4.78 is 0. The summed E-state index contributed by atoms with van der Waals surface area (Å²) in [6.45, 7) is 0. The number of amides is 2. The number of fused-ring (bicyclic) bond motifs is 1. The topological polar surface area (TPSA) is 71.5 Å². The first-order valence-corrected chi connectivity index (χ1v) is 12.6. The van der Waals surface area contributed by atoms with Gasteiger partial charge in [-0.15, -0.1) is 0 Å². The summed E-state index contributed by atoms with van der Waals surface area (Å²) in [6.07, 6.45) is 13.3. The predicted octanol–water partition coefficient (Wildman–Crippen LogP) is 5.37. The normalized spacial score (nSPS) is 28.9. The highest BCUT2D eigenvalue weighted by molar-refractivity contribution is 6.03. The van der Waals surface area contributed by atoms with Crippen LogP contribution in [-0.4, -0.2) is 34.8 Å². The van der Waals surface area contributed by atoms with Gasteiger partial charge in [-0.05, 0) is 31.6 Å². The number of imide groups is 1. The quantitative estimate of drug-likeness (QED) is 0.269. The minimum absolute atomic E-state index is 0.0181. The Morgan fingerprint density at radius 3 is 2.16 bits per heavy atom. The number of β-lactam (4-membered cyclic amide) rings is 1. The third-order valence-electron chi connectivity index (χ3n) is 7.90. The smallest absolute Gasteiger partial charge is 0.234 e. The van der Waals surface area contributed by atoms with Gasteiger partial charge in [0.15, 0.2) is 5.78 Å². The van der Waals surface area contributed by atoms with Gasteiger partial charge >= 0.3 is 0 Å². The molecular formula is C27H35NO4. The van der Waals surface area contributed by atoms with E-state index in [1.54, 1.807) is 29.2 Å². The molecule has 172 valence electrons. The van der Waals surface area contributed by atoms with Gasteiger partial charge in [-0.25, -0.2) is 0 Å². The fourth-order valence-corrected chi connectivity index (χ4v) is 6.01. The van der Waals surface area contributed by atoms with Crippen LogP contribution in [0.25, 0.3) is 0 Å². The maximum Gasteiger partial charge on any atom is 0.234 e. The number of rotatable bonds is 5. The molecule has 2 amide bonds. The van der Waals surface area contributed by atoms with Crippen LogP contribution in [0.2, 0.25) is 0 Å². The molecule has 1 aromatic rings. The lowest BCUT2D eigenvalue weighted by Gasteiger charge is -2.49. The van der Waals surface area contributed by atoms with E-state index in [0.29, 0.717) is 17.5 Å². The Labute approximate surface area is 190 Å². The number of likely N-dealkylation sites (tertiary alicyclic amines) is 1. The zero-order valence-corrected chi connectivity index (χ0v) is 19.0. The molecular weight excluding hydrogens is 402 g/mol. The second kappa shape index (κ2) is 10.5. The van der Waals surface area contributed by atoms with E-state index >= 15 is 0 Å². The Balaban J connectivity index is 1.49. The van der Waals surface area contributed by atoms with Crippen LogP contribution in [0.4, 0.5) is 0 Å². The number of Topliss-reactive ketones (excluding diaryl/α,β-unsaturated/α-hetero) is 1. The first kappa shape index (κ1) is 22.9. The molecule has 4 atom stereocenters. The Morgan fingerprint density at radius 1 is 0.844 bits per heavy atom. The number of ketones is 1. The van der Waals surface area contributed by atoms with Crippen LogP contribution in [-0.2, 0) is 9.59 Å². The number of hydrogen-bond acceptors (Lipinski definition) is 4. The van der Waals surface area contributed by atoms with Crippen molar-refractivity contribution in [1.29, 1.82) is 0 Å². The second-order valence-electron chi connectivity index (χ2n) is 9.94. The monoisotopic (exact) mass is 437 g/mol. The molecule has 0 N–H and O–H groups in total. The lowest BCUT2D eigenvalue weighted by molar-refractivity contribution is -0.171. The number of hydrogen-bond donors (Lipinski definition) is 0. The molecule has 5 heteroatoms. The SMILES string of the molecule is O=Cc1ccc(C(=O)C[C@H]2CCCCCC[C@H]2C(=O)N2C(=O)[C@@H]3CCCCCC[C@@H]32)cc1. The van der Waals surface area contributed by atoms with E-state index in [-0.39, 0.29) is 41.4 Å². The summed E-state index contributed by atoms with van der Waals surface area (Å²) in [6, 6.07) is 6.80. The Bertz CT molecular complexity index is 846. The molecule has 0 radical (unpaired) electrons. The third-order valence-corrected chi connectivity index (χ3v) is 7.90. The molecule has 0 bridgehead atoms. The van der Waals surface area contributed by atoms with Crippen LogP contribution in [0.15, 0.2) is 24.3 Å². The first-order chi connectivity index (χ1) is 15.6. The summed E-state index contributed by atoms with van der Waals surface area (Å²) >= 11 is 0. The minimum atomic E-state index is -0.246. The standard InChI is InChI=1S/C27H35NO4/c29-18-19-13-15-20(16-14-19)25(30)17-21-9-5-1-2-6-10-22(21)26(31)28-24-12-8-4-3-7-11-23(24)27(28)32/h13-16,18,21-24H,1-12,17H2/t21-,22-,23-,24+/m1/s1. The molecule has 1 saturated heterocycles. The molecule has 0 unspecified atom stereocenters. The van der Waals surface area contributed by atoms with E-state index < -0.39 is 0 Å². The third kappa shape index (κ3) is 4.87. The van der Waals surface area contributed by atoms with Crippen molar-refractivity contribution in [2.45, 2.75) is 89.5 Å². The van der Waals surface area contributed by atoms with E-state index in [1.165, 1.54) is 12.8 Å². The van der Waals surface area contributed by atoms with Crippen molar-refractivity contribution in [2.75, 3.05) is 0 Å². The van der Waals surface area contributed by atoms with Gasteiger partial charge < -0.3 is 0 Å². The molecule has 32 heavy (non-hydrogen) atoms. The number of nitrogens with zero attached hydrogens (tertiary/aromatic N) is 1. The molecule has 0 spiro atoms. The molecule has 3 aliphatic rings. The lowest BCUT2D eigenvalue weighted by atomic mass is 9.74. The summed E-state index contributed by atoms with van der Waals surface area (Å²) in [5.74, 6) is -0.217. The molecule has 1 aromatic carbocycles. The van der Waals surface area contributed by atoms with Crippen molar-refractivity contribution in [1.82, 2.24) is 4.90 Å². The van der Waals surface area contributed by atoms with Gasteiger partial charge in [0.05, 0.1) is 12.0 Å². The van der Waals surface area contributed by atoms with Crippen molar-refractivity contribution >= 4 is 23.9 Å². The van der Waals surface area contributed by atoms with Gasteiger partial charge in [-0.1, -0.05) is 75.6 Å². The van der Waals surface area contributed by atoms with Crippen LogP contribution in [0.1, 0.15) is 104 Å². The molecule has 2 aliphatic carbocycles. The molecule has 5 nitrogen and oxygen atoms in total. The van der Waals surface area contributed by atoms with Crippen LogP contribution in [0.3, 0.4) is 0 Å². The minimum Gasteiger partial charge on any atom is -0.298 e. The zero-order valence-electron chi connectivity index (χ0n) is 19.0. The Morgan fingerprint density at radius 2 is 1.47 bits per heavy atom. The van der Waals surface area contributed by atoms with E-state index in [1.807, 2.05) is 0 Å². The molecule has 2 saturated carbocycles. The fraction of sp³-hybridized carbons (Fsp3) is 0.630. The van der Waals surface area contributed by atoms with E-state index in [2.05, 4.69) is 0 Å². The summed E-state index contributed by atoms with van der Waals surface area (Å²) in [5, 5.41) is 0. The van der Waals surface area contributed by atoms with Gasteiger partial charge in [0.1, 0.15) is 6.29 Å². The van der Waals surface area contributed by atoms with E-state index in [0.717, 1.165) is 70.5 Å². The second-order valence-corrected chi connectivity index (χ2v) is 9.94. The first-order valence-electron chi connectivity index (χ1n) is 12.6. The maximum atomic E-state index is 13.7. The van der Waals surface area contributed by atoms with E-state index in [4.69, 9.17) is 0 Å². The van der Waals surface area contributed by atoms with Crippen LogP contribution in [0, 0.1) is 17.8 Å². The summed E-state index contributed by atoms with van der Waals surface area (Å²) in [7, 11) is 0. The summed E-state index contributed by atoms with van der Waals surface area (Å²) in [5.41, 5.74) is 1.13. The number of benzene rings is 1. The van der Waals surface area contributed by atoms with Crippen LogP contribution in [0.5, 0.6) is 0 Å². The highest BCUT2D eigenvalue weighted by atomic mass is 16.2. The van der Waals surface area contributed by atoms with Crippen molar-refractivity contribution in [3.8, 4) is 0 Å². The van der Waals surface area contributed by atoms with Crippen LogP contribution < -0.4 is 0 Å². The highest BCUT2D eigenvalue weighted by Gasteiger charge is 2.51. The molecule has 1 heterocycles. The van der Waals surface area contributed by atoms with Crippen molar-refractivity contribution in [3.63, 3.8) is 0 Å². The molecule has 3 fully saturated rings. The van der Waals surface area contributed by atoms with Gasteiger partial charge in [0, 0.05) is 23.5 Å². The predicted molar refractivity (Wildman–Crippen MR) is 122 cm³/mol. The van der Waals surface area contributed by atoms with E-state index in [9.17, 15) is 19.2 Å². The fourth-order valence-electron chi connectivity index (χ4n) is 6.01. The highest BCUT2D eigenvalue weighted by Crippen LogP contribution is 2.40.